The van der Waals surface area contributed by atoms with Gasteiger partial charge in [0.25, 0.3) is 0 Å². The van der Waals surface area contributed by atoms with Gasteiger partial charge in [-0.3, -0.25) is 4.79 Å². The highest BCUT2D eigenvalue weighted by atomic mass is 16.5. The third kappa shape index (κ3) is 3.35. The average molecular weight is 364 g/mol. The number of carbonyl (C=O) groups excluding carboxylic acids is 1. The van der Waals surface area contributed by atoms with Crippen LogP contribution in [0.2, 0.25) is 0 Å². The predicted molar refractivity (Wildman–Crippen MR) is 107 cm³/mol. The topological polar surface area (TPSA) is 59.4 Å². The second-order valence-electron chi connectivity index (χ2n) is 6.91. The summed E-state index contributed by atoms with van der Waals surface area (Å²) in [4.78, 5) is 19.7. The van der Waals surface area contributed by atoms with Crippen molar-refractivity contribution in [3.8, 4) is 5.75 Å². The van der Waals surface area contributed by atoms with Crippen LogP contribution in [0.15, 0.2) is 48.5 Å². The minimum absolute atomic E-state index is 0.000784. The summed E-state index contributed by atoms with van der Waals surface area (Å²) in [5.74, 6) is 1.72. The van der Waals surface area contributed by atoms with Crippen LogP contribution in [-0.2, 0) is 11.8 Å². The number of nitrogens with one attached hydrogen (secondary N) is 1. The third-order valence-electron chi connectivity index (χ3n) is 5.28. The maximum Gasteiger partial charge on any atom is 0.227 e. The summed E-state index contributed by atoms with van der Waals surface area (Å²) in [5.41, 5.74) is 2.86. The van der Waals surface area contributed by atoms with Crippen LogP contribution in [0.3, 0.4) is 0 Å². The zero-order valence-corrected chi connectivity index (χ0v) is 15.7. The van der Waals surface area contributed by atoms with Crippen LogP contribution >= 0.6 is 0 Å². The average Bonchev–Trinajstić information content (AvgIpc) is 3.05. The smallest absolute Gasteiger partial charge is 0.227 e. The van der Waals surface area contributed by atoms with Crippen LogP contribution in [0.25, 0.3) is 11.0 Å². The molecule has 0 unspecified atom stereocenters. The Morgan fingerprint density at radius 3 is 2.56 bits per heavy atom. The number of ether oxygens (including phenoxy) is 1. The number of methoxy groups -OCH3 is 1. The van der Waals surface area contributed by atoms with E-state index in [1.165, 1.54) is 0 Å². The number of aromatic nitrogens is 2. The van der Waals surface area contributed by atoms with Gasteiger partial charge in [0.05, 0.1) is 23.8 Å². The fourth-order valence-electron chi connectivity index (χ4n) is 3.74. The van der Waals surface area contributed by atoms with Crippen LogP contribution < -0.4 is 15.0 Å². The first-order valence-corrected chi connectivity index (χ1v) is 9.27. The van der Waals surface area contributed by atoms with Gasteiger partial charge < -0.3 is 19.5 Å². The first-order chi connectivity index (χ1) is 13.2. The van der Waals surface area contributed by atoms with Crippen LogP contribution in [0.4, 0.5) is 11.6 Å². The monoisotopic (exact) mass is 364 g/mol. The quantitative estimate of drug-likeness (QED) is 0.770. The Hall–Kier alpha value is -3.02. The number of carbonyl (C=O) groups is 1. The maximum atomic E-state index is 12.7. The molecule has 2 aromatic carbocycles. The SMILES string of the molecule is COc1ccccc1NC(=O)C1CCN(c2nc3ccccc3n2C)CC1. The number of hydrogen-bond acceptors (Lipinski definition) is 4. The standard InChI is InChI=1S/C21H24N4O2/c1-24-18-9-5-3-7-16(18)23-21(24)25-13-11-15(12-14-25)20(26)22-17-8-4-6-10-19(17)27-2/h3-10,15H,11-14H2,1-2H3,(H,22,26). The summed E-state index contributed by atoms with van der Waals surface area (Å²) < 4.78 is 7.45. The number of aryl methyl sites for hydroxylation is 1. The summed E-state index contributed by atoms with van der Waals surface area (Å²) in [6.45, 7) is 1.64. The lowest BCUT2D eigenvalue weighted by Crippen LogP contribution is -2.39. The van der Waals surface area contributed by atoms with E-state index < -0.39 is 0 Å². The normalized spacial score (nSPS) is 15.1. The zero-order valence-electron chi connectivity index (χ0n) is 15.7. The number of nitrogens with zero attached hydrogens (tertiary/aromatic N) is 3. The molecule has 1 aliphatic rings. The largest absolute Gasteiger partial charge is 0.495 e. The van der Waals surface area contributed by atoms with E-state index in [-0.39, 0.29) is 11.8 Å². The van der Waals surface area contributed by atoms with Crippen LogP contribution in [-0.4, -0.2) is 35.7 Å². The van der Waals surface area contributed by atoms with Crippen molar-refractivity contribution in [1.82, 2.24) is 9.55 Å². The van der Waals surface area contributed by atoms with E-state index >= 15 is 0 Å². The van der Waals surface area contributed by atoms with Gasteiger partial charge in [0.1, 0.15) is 5.75 Å². The fourth-order valence-corrected chi connectivity index (χ4v) is 3.74. The number of hydrogen-bond donors (Lipinski definition) is 1. The molecule has 0 atom stereocenters. The molecule has 0 radical (unpaired) electrons. The minimum atomic E-state index is 0.000784. The van der Waals surface area contributed by atoms with E-state index in [1.54, 1.807) is 7.11 Å². The van der Waals surface area contributed by atoms with E-state index in [0.29, 0.717) is 5.75 Å². The summed E-state index contributed by atoms with van der Waals surface area (Å²) in [7, 11) is 3.66. The van der Waals surface area contributed by atoms with E-state index in [2.05, 4.69) is 20.9 Å². The van der Waals surface area contributed by atoms with Crippen molar-refractivity contribution in [3.63, 3.8) is 0 Å². The molecule has 0 saturated carbocycles. The van der Waals surface area contributed by atoms with Gasteiger partial charge in [-0.25, -0.2) is 4.98 Å². The molecule has 1 fully saturated rings. The summed E-state index contributed by atoms with van der Waals surface area (Å²) in [6, 6.07) is 15.7. The molecule has 3 aromatic rings. The molecule has 140 valence electrons. The van der Waals surface area contributed by atoms with Gasteiger partial charge >= 0.3 is 0 Å². The Balaban J connectivity index is 1.42. The molecule has 4 rings (SSSR count). The van der Waals surface area contributed by atoms with Gasteiger partial charge in [0.15, 0.2) is 0 Å². The number of piperidine rings is 1. The lowest BCUT2D eigenvalue weighted by Gasteiger charge is -2.32. The molecule has 0 spiro atoms. The molecule has 1 aliphatic heterocycles. The first kappa shape index (κ1) is 17.4. The molecule has 6 heteroatoms. The van der Waals surface area contributed by atoms with Crippen molar-refractivity contribution in [3.05, 3.63) is 48.5 Å². The molecule has 6 nitrogen and oxygen atoms in total. The van der Waals surface area contributed by atoms with Crippen molar-refractivity contribution in [1.29, 1.82) is 0 Å². The summed E-state index contributed by atoms with van der Waals surface area (Å²) >= 11 is 0. The van der Waals surface area contributed by atoms with Gasteiger partial charge in [0, 0.05) is 26.1 Å². The predicted octanol–water partition coefficient (Wildman–Crippen LogP) is 3.44. The molecule has 0 aliphatic carbocycles. The van der Waals surface area contributed by atoms with E-state index in [9.17, 15) is 4.79 Å². The highest BCUT2D eigenvalue weighted by Gasteiger charge is 2.27. The molecule has 1 saturated heterocycles. The number of amides is 1. The second kappa shape index (κ2) is 7.31. The summed E-state index contributed by atoms with van der Waals surface area (Å²) in [5, 5.41) is 3.02. The minimum Gasteiger partial charge on any atom is -0.495 e. The van der Waals surface area contributed by atoms with Crippen molar-refractivity contribution in [2.24, 2.45) is 13.0 Å². The molecular formula is C21H24N4O2. The second-order valence-corrected chi connectivity index (χ2v) is 6.91. The molecule has 0 bridgehead atoms. The number of benzene rings is 2. The van der Waals surface area contributed by atoms with Gasteiger partial charge in [-0.1, -0.05) is 24.3 Å². The number of para-hydroxylation sites is 4. The molecule has 2 heterocycles. The zero-order chi connectivity index (χ0) is 18.8. The van der Waals surface area contributed by atoms with Gasteiger partial charge in [-0.2, -0.15) is 0 Å². The Morgan fingerprint density at radius 2 is 1.81 bits per heavy atom. The van der Waals surface area contributed by atoms with Crippen LogP contribution in [0.5, 0.6) is 5.75 Å². The Labute approximate surface area is 158 Å². The molecular weight excluding hydrogens is 340 g/mol. The molecule has 27 heavy (non-hydrogen) atoms. The van der Waals surface area contributed by atoms with Gasteiger partial charge in [0.2, 0.25) is 11.9 Å². The van der Waals surface area contributed by atoms with E-state index in [1.807, 2.05) is 49.5 Å². The van der Waals surface area contributed by atoms with Crippen molar-refractivity contribution < 1.29 is 9.53 Å². The number of imidazole rings is 1. The van der Waals surface area contributed by atoms with E-state index in [4.69, 9.17) is 9.72 Å². The molecule has 1 N–H and O–H groups in total. The summed E-state index contributed by atoms with van der Waals surface area (Å²) in [6.07, 6.45) is 1.62. The van der Waals surface area contributed by atoms with Crippen LogP contribution in [0, 0.1) is 5.92 Å². The number of rotatable bonds is 4. The van der Waals surface area contributed by atoms with Crippen LogP contribution in [0.1, 0.15) is 12.8 Å². The lowest BCUT2D eigenvalue weighted by molar-refractivity contribution is -0.120. The van der Waals surface area contributed by atoms with Gasteiger partial charge in [-0.05, 0) is 37.1 Å². The highest BCUT2D eigenvalue weighted by molar-refractivity contribution is 5.94. The maximum absolute atomic E-state index is 12.7. The fraction of sp³-hybridized carbons (Fsp3) is 0.333. The molecule has 1 amide bonds. The lowest BCUT2D eigenvalue weighted by atomic mass is 9.96. The number of anilines is 2. The Kier molecular flexibility index (Phi) is 4.71. The van der Waals surface area contributed by atoms with Gasteiger partial charge in [-0.15, -0.1) is 0 Å². The third-order valence-corrected chi connectivity index (χ3v) is 5.28. The highest BCUT2D eigenvalue weighted by Crippen LogP contribution is 2.28. The van der Waals surface area contributed by atoms with Crippen molar-refractivity contribution in [2.45, 2.75) is 12.8 Å². The van der Waals surface area contributed by atoms with Crippen molar-refractivity contribution in [2.75, 3.05) is 30.4 Å². The Morgan fingerprint density at radius 1 is 1.11 bits per heavy atom. The number of fused-ring (bicyclic) bond motifs is 1. The first-order valence-electron chi connectivity index (χ1n) is 9.27. The Bertz CT molecular complexity index is 958. The van der Waals surface area contributed by atoms with E-state index in [0.717, 1.165) is 48.6 Å². The van der Waals surface area contributed by atoms with Crippen molar-refractivity contribution >= 4 is 28.6 Å². The molecule has 1 aromatic heterocycles.